The van der Waals surface area contributed by atoms with E-state index in [9.17, 15) is 14.9 Å². The molecule has 0 aliphatic heterocycles. The van der Waals surface area contributed by atoms with Crippen LogP contribution in [0.3, 0.4) is 0 Å². The second-order valence-corrected chi connectivity index (χ2v) is 8.41. The molecule has 3 rings (SSSR count). The van der Waals surface area contributed by atoms with E-state index in [1.807, 2.05) is 0 Å². The number of alkyl carbamates (subject to hydrolysis) is 1. The van der Waals surface area contributed by atoms with Crippen LogP contribution >= 0.6 is 11.3 Å². The van der Waals surface area contributed by atoms with E-state index in [1.165, 1.54) is 29.8 Å². The molecule has 0 aromatic carbocycles. The van der Waals surface area contributed by atoms with Crippen molar-refractivity contribution in [3.63, 3.8) is 0 Å². The highest BCUT2D eigenvalue weighted by Gasteiger charge is 2.28. The minimum atomic E-state index is -0.355. The maximum absolute atomic E-state index is 12.2. The van der Waals surface area contributed by atoms with Crippen molar-refractivity contribution in [2.24, 2.45) is 10.9 Å². The molecule has 0 bridgehead atoms. The zero-order chi connectivity index (χ0) is 21.5. The van der Waals surface area contributed by atoms with Crippen LogP contribution in [0, 0.1) is 17.2 Å². The smallest absolute Gasteiger partial charge is 0.407 e. The van der Waals surface area contributed by atoms with Gasteiger partial charge in [0.2, 0.25) is 5.91 Å². The molecule has 2 aliphatic carbocycles. The third-order valence-electron chi connectivity index (χ3n) is 4.86. The highest BCUT2D eigenvalue weighted by molar-refractivity contribution is 7.16. The molecule has 8 heteroatoms. The summed E-state index contributed by atoms with van der Waals surface area (Å²) in [5.74, 6) is -0.126. The SMILES string of the molecule is C=CN=CC(=C)/C=C/C(=O)Nc1sc2c(c1C#N)CCC(COC(=O)NC1CC1)C2. The molecule has 2 amide bonds. The molecule has 1 aromatic heterocycles. The number of amides is 2. The lowest BCUT2D eigenvalue weighted by Gasteiger charge is -2.21. The summed E-state index contributed by atoms with van der Waals surface area (Å²) in [6.07, 6.45) is 9.76. The molecule has 1 heterocycles. The number of rotatable bonds is 8. The van der Waals surface area contributed by atoms with Gasteiger partial charge in [0.15, 0.2) is 0 Å². The van der Waals surface area contributed by atoms with Gasteiger partial charge in [0.05, 0.1) is 12.2 Å². The Morgan fingerprint density at radius 3 is 2.83 bits per heavy atom. The van der Waals surface area contributed by atoms with E-state index in [2.05, 4.69) is 34.9 Å². The number of nitriles is 1. The first-order valence-corrected chi connectivity index (χ1v) is 10.6. The van der Waals surface area contributed by atoms with Crippen LogP contribution < -0.4 is 10.6 Å². The lowest BCUT2D eigenvalue weighted by Crippen LogP contribution is -2.29. The van der Waals surface area contributed by atoms with Crippen LogP contribution in [0.5, 0.6) is 0 Å². The standard InChI is InChI=1S/C22H24N4O3S/c1-3-24-12-14(2)4-9-20(27)26-21-18(11-23)17-8-5-15(10-19(17)30-21)13-29-22(28)25-16-6-7-16/h3-4,9,12,15-16H,1-2,5-8,10,13H2,(H,25,28)(H,26,27)/b9-4+,24-12?. The topological polar surface area (TPSA) is 104 Å². The van der Waals surface area contributed by atoms with E-state index in [0.717, 1.165) is 42.5 Å². The van der Waals surface area contributed by atoms with E-state index in [1.54, 1.807) is 6.08 Å². The van der Waals surface area contributed by atoms with Crippen molar-refractivity contribution in [3.05, 3.63) is 53.1 Å². The van der Waals surface area contributed by atoms with Crippen LogP contribution in [-0.4, -0.2) is 30.9 Å². The van der Waals surface area contributed by atoms with Gasteiger partial charge in [-0.1, -0.05) is 13.2 Å². The van der Waals surface area contributed by atoms with Crippen molar-refractivity contribution < 1.29 is 14.3 Å². The number of nitrogens with zero attached hydrogens (tertiary/aromatic N) is 2. The molecule has 1 fully saturated rings. The first-order chi connectivity index (χ1) is 14.5. The van der Waals surface area contributed by atoms with Crippen LogP contribution in [0.25, 0.3) is 0 Å². The monoisotopic (exact) mass is 424 g/mol. The molecule has 30 heavy (non-hydrogen) atoms. The summed E-state index contributed by atoms with van der Waals surface area (Å²) >= 11 is 1.42. The Balaban J connectivity index is 1.59. The fourth-order valence-electron chi connectivity index (χ4n) is 3.16. The van der Waals surface area contributed by atoms with Gasteiger partial charge < -0.3 is 15.4 Å². The van der Waals surface area contributed by atoms with Crippen LogP contribution in [0.4, 0.5) is 9.80 Å². The lowest BCUT2D eigenvalue weighted by molar-refractivity contribution is -0.111. The number of hydrogen-bond donors (Lipinski definition) is 2. The summed E-state index contributed by atoms with van der Waals surface area (Å²) in [6.45, 7) is 7.59. The number of allylic oxidation sites excluding steroid dienone is 2. The Bertz CT molecular complexity index is 950. The molecule has 7 nitrogen and oxygen atoms in total. The highest BCUT2D eigenvalue weighted by Crippen LogP contribution is 2.39. The van der Waals surface area contributed by atoms with Crippen LogP contribution in [0.2, 0.25) is 0 Å². The van der Waals surface area contributed by atoms with Crippen molar-refractivity contribution in [3.8, 4) is 6.07 Å². The molecule has 2 aliphatic rings. The molecule has 1 aromatic rings. The first kappa shape index (κ1) is 21.5. The molecule has 0 spiro atoms. The van der Waals surface area contributed by atoms with Crippen molar-refractivity contribution in [1.29, 1.82) is 5.26 Å². The number of carbonyl (C=O) groups is 2. The molecule has 0 radical (unpaired) electrons. The van der Waals surface area contributed by atoms with E-state index in [-0.39, 0.29) is 24.0 Å². The molecular formula is C22H24N4O3S. The Labute approximate surface area is 179 Å². The van der Waals surface area contributed by atoms with Crippen LogP contribution in [0.15, 0.2) is 42.1 Å². The van der Waals surface area contributed by atoms with E-state index >= 15 is 0 Å². The molecule has 1 unspecified atom stereocenters. The van der Waals surface area contributed by atoms with E-state index < -0.39 is 0 Å². The average Bonchev–Trinajstić information content (AvgIpc) is 3.47. The summed E-state index contributed by atoms with van der Waals surface area (Å²) in [7, 11) is 0. The van der Waals surface area contributed by atoms with Gasteiger partial charge in [-0.15, -0.1) is 11.3 Å². The minimum absolute atomic E-state index is 0.212. The maximum Gasteiger partial charge on any atom is 0.407 e. The number of nitrogens with one attached hydrogen (secondary N) is 2. The normalized spacial score (nSPS) is 17.9. The van der Waals surface area contributed by atoms with Gasteiger partial charge >= 0.3 is 6.09 Å². The number of carbonyl (C=O) groups excluding carboxylic acids is 2. The summed E-state index contributed by atoms with van der Waals surface area (Å²) in [5.41, 5.74) is 2.07. The van der Waals surface area contributed by atoms with Crippen LogP contribution in [0.1, 0.15) is 35.3 Å². The largest absolute Gasteiger partial charge is 0.449 e. The maximum atomic E-state index is 12.2. The third-order valence-corrected chi connectivity index (χ3v) is 6.03. The second-order valence-electron chi connectivity index (χ2n) is 7.30. The van der Waals surface area contributed by atoms with Gasteiger partial charge in [0.25, 0.3) is 0 Å². The van der Waals surface area contributed by atoms with Gasteiger partial charge in [-0.2, -0.15) is 5.26 Å². The van der Waals surface area contributed by atoms with Crippen molar-refractivity contribution >= 4 is 34.6 Å². The average molecular weight is 425 g/mol. The molecule has 1 saturated carbocycles. The third kappa shape index (κ3) is 5.91. The van der Waals surface area contributed by atoms with Gasteiger partial charge in [-0.25, -0.2) is 4.79 Å². The number of fused-ring (bicyclic) bond motifs is 1. The highest BCUT2D eigenvalue weighted by atomic mass is 32.1. The molecule has 156 valence electrons. The van der Waals surface area contributed by atoms with Gasteiger partial charge in [-0.05, 0) is 55.2 Å². The number of hydrogen-bond acceptors (Lipinski definition) is 6. The fraction of sp³-hybridized carbons (Fsp3) is 0.364. The Morgan fingerprint density at radius 2 is 2.13 bits per heavy atom. The number of aliphatic imine (C=N–C) groups is 1. The van der Waals surface area contributed by atoms with E-state index in [4.69, 9.17) is 4.74 Å². The zero-order valence-corrected chi connectivity index (χ0v) is 17.5. The Kier molecular flexibility index (Phi) is 7.20. The Morgan fingerprint density at radius 1 is 1.33 bits per heavy atom. The molecule has 1 atom stereocenters. The van der Waals surface area contributed by atoms with Crippen molar-refractivity contribution in [1.82, 2.24) is 5.32 Å². The summed E-state index contributed by atoms with van der Waals surface area (Å²) in [6, 6.07) is 2.50. The van der Waals surface area contributed by atoms with Crippen molar-refractivity contribution in [2.75, 3.05) is 11.9 Å². The predicted molar refractivity (Wildman–Crippen MR) is 118 cm³/mol. The van der Waals surface area contributed by atoms with Crippen LogP contribution in [-0.2, 0) is 22.4 Å². The van der Waals surface area contributed by atoms with Gasteiger partial charge in [0, 0.05) is 29.4 Å². The molecule has 2 N–H and O–H groups in total. The van der Waals surface area contributed by atoms with Gasteiger partial charge in [0.1, 0.15) is 11.1 Å². The second kappa shape index (κ2) is 10.0. The van der Waals surface area contributed by atoms with E-state index in [0.29, 0.717) is 22.7 Å². The summed E-state index contributed by atoms with van der Waals surface area (Å²) in [5, 5.41) is 15.7. The first-order valence-electron chi connectivity index (χ1n) is 9.80. The quantitative estimate of drug-likeness (QED) is 0.375. The summed E-state index contributed by atoms with van der Waals surface area (Å²) in [4.78, 5) is 28.9. The Hall–Kier alpha value is -3.18. The fourth-order valence-corrected chi connectivity index (χ4v) is 4.48. The molecule has 0 saturated heterocycles. The van der Waals surface area contributed by atoms with Gasteiger partial charge in [-0.3, -0.25) is 9.79 Å². The number of ether oxygens (including phenoxy) is 1. The number of anilines is 1. The molecular weight excluding hydrogens is 400 g/mol. The lowest BCUT2D eigenvalue weighted by atomic mass is 9.88. The number of thiophene rings is 1. The summed E-state index contributed by atoms with van der Waals surface area (Å²) < 4.78 is 5.34. The zero-order valence-electron chi connectivity index (χ0n) is 16.6. The predicted octanol–water partition coefficient (Wildman–Crippen LogP) is 3.88. The van der Waals surface area contributed by atoms with Crippen molar-refractivity contribution in [2.45, 2.75) is 38.1 Å². The minimum Gasteiger partial charge on any atom is -0.449 e.